The van der Waals surface area contributed by atoms with Crippen LogP contribution in [0.1, 0.15) is 26.7 Å². The monoisotopic (exact) mass is 265 g/mol. The Bertz CT molecular complexity index is 397. The van der Waals surface area contributed by atoms with E-state index in [2.05, 4.69) is 4.74 Å². The number of nitrogens with two attached hydrogens (primary N) is 1. The third-order valence-corrected chi connectivity index (χ3v) is 6.31. The standard InChI is InChI=1S/C10H19NO5S/c1-9(2,6-15-3)17(13,14)10(4-5-10)7-16-8(11)12/h4-7H2,1-3H3,(H2,11,12). The highest BCUT2D eigenvalue weighted by molar-refractivity contribution is 7.94. The fourth-order valence-electron chi connectivity index (χ4n) is 1.84. The predicted molar refractivity (Wildman–Crippen MR) is 62.4 cm³/mol. The zero-order valence-electron chi connectivity index (χ0n) is 10.4. The molecule has 2 N–H and O–H groups in total. The second-order valence-corrected chi connectivity index (χ2v) is 7.96. The third kappa shape index (κ3) is 2.55. The van der Waals surface area contributed by atoms with Crippen LogP contribution < -0.4 is 5.73 Å². The lowest BCUT2D eigenvalue weighted by atomic mass is 10.2. The van der Waals surface area contributed by atoms with Crippen LogP contribution in [0.3, 0.4) is 0 Å². The van der Waals surface area contributed by atoms with E-state index in [1.807, 2.05) is 0 Å². The number of amides is 1. The Morgan fingerprint density at radius 1 is 1.41 bits per heavy atom. The molecule has 1 saturated carbocycles. The molecule has 0 radical (unpaired) electrons. The summed E-state index contributed by atoms with van der Waals surface area (Å²) in [5.41, 5.74) is 4.86. The number of primary amides is 1. The van der Waals surface area contributed by atoms with Crippen molar-refractivity contribution in [2.45, 2.75) is 36.2 Å². The van der Waals surface area contributed by atoms with Gasteiger partial charge in [0.1, 0.15) is 11.4 Å². The summed E-state index contributed by atoms with van der Waals surface area (Å²) in [4.78, 5) is 10.6. The van der Waals surface area contributed by atoms with E-state index in [0.717, 1.165) is 0 Å². The lowest BCUT2D eigenvalue weighted by Gasteiger charge is -2.29. The maximum Gasteiger partial charge on any atom is 0.404 e. The Morgan fingerprint density at radius 3 is 2.29 bits per heavy atom. The molecule has 7 heteroatoms. The van der Waals surface area contributed by atoms with Crippen molar-refractivity contribution in [2.24, 2.45) is 5.73 Å². The van der Waals surface area contributed by atoms with Crippen molar-refractivity contribution in [3.8, 4) is 0 Å². The van der Waals surface area contributed by atoms with Crippen LogP contribution in [0.15, 0.2) is 0 Å². The van der Waals surface area contributed by atoms with Gasteiger partial charge in [-0.3, -0.25) is 0 Å². The van der Waals surface area contributed by atoms with E-state index in [1.165, 1.54) is 7.11 Å². The summed E-state index contributed by atoms with van der Waals surface area (Å²) in [7, 11) is -1.99. The second kappa shape index (κ2) is 4.45. The van der Waals surface area contributed by atoms with Crippen LogP contribution >= 0.6 is 0 Å². The maximum absolute atomic E-state index is 12.4. The van der Waals surface area contributed by atoms with Gasteiger partial charge in [-0.25, -0.2) is 13.2 Å². The van der Waals surface area contributed by atoms with Crippen LogP contribution in [0, 0.1) is 0 Å². The molecule has 1 aliphatic carbocycles. The molecule has 0 heterocycles. The van der Waals surface area contributed by atoms with E-state index in [4.69, 9.17) is 10.5 Å². The van der Waals surface area contributed by atoms with Gasteiger partial charge in [-0.15, -0.1) is 0 Å². The number of sulfone groups is 1. The molecule has 0 aromatic carbocycles. The van der Waals surface area contributed by atoms with Crippen molar-refractivity contribution in [3.05, 3.63) is 0 Å². The van der Waals surface area contributed by atoms with Crippen LogP contribution in [-0.4, -0.2) is 44.3 Å². The van der Waals surface area contributed by atoms with Gasteiger partial charge in [0.05, 0.1) is 11.4 Å². The number of carbonyl (C=O) groups excluding carboxylic acids is 1. The molecule has 0 spiro atoms. The van der Waals surface area contributed by atoms with Gasteiger partial charge in [-0.05, 0) is 26.7 Å². The fraction of sp³-hybridized carbons (Fsp3) is 0.900. The van der Waals surface area contributed by atoms with Crippen molar-refractivity contribution in [2.75, 3.05) is 20.3 Å². The number of carbonyl (C=O) groups is 1. The van der Waals surface area contributed by atoms with E-state index in [-0.39, 0.29) is 13.2 Å². The highest BCUT2D eigenvalue weighted by Gasteiger charge is 2.60. The first-order valence-electron chi connectivity index (χ1n) is 5.34. The first-order chi connectivity index (χ1) is 7.68. The minimum atomic E-state index is -3.44. The molecule has 17 heavy (non-hydrogen) atoms. The molecule has 1 aliphatic rings. The lowest BCUT2D eigenvalue weighted by Crippen LogP contribution is -2.46. The SMILES string of the molecule is COCC(C)(C)S(=O)(=O)C1(COC(N)=O)CC1. The van der Waals surface area contributed by atoms with Gasteiger partial charge in [0, 0.05) is 7.11 Å². The highest BCUT2D eigenvalue weighted by Crippen LogP contribution is 2.48. The minimum absolute atomic E-state index is 0.105. The summed E-state index contributed by atoms with van der Waals surface area (Å²) in [6.07, 6.45) is 0.0435. The summed E-state index contributed by atoms with van der Waals surface area (Å²) in [5, 5.41) is 0. The quantitative estimate of drug-likeness (QED) is 0.752. The zero-order chi connectivity index (χ0) is 13.3. The molecule has 0 aromatic heterocycles. The number of ether oxygens (including phenoxy) is 2. The largest absolute Gasteiger partial charge is 0.448 e. The normalized spacial score (nSPS) is 18.8. The molecule has 1 amide bonds. The summed E-state index contributed by atoms with van der Waals surface area (Å²) >= 11 is 0. The average Bonchev–Trinajstić information content (AvgIpc) is 2.95. The van der Waals surface area contributed by atoms with Crippen molar-refractivity contribution in [1.82, 2.24) is 0 Å². The Hall–Kier alpha value is -0.820. The first kappa shape index (κ1) is 14.2. The fourth-order valence-corrected chi connectivity index (χ4v) is 4.14. The number of rotatable bonds is 6. The molecule has 0 unspecified atom stereocenters. The Kier molecular flexibility index (Phi) is 3.73. The maximum atomic E-state index is 12.4. The minimum Gasteiger partial charge on any atom is -0.448 e. The van der Waals surface area contributed by atoms with Gasteiger partial charge in [0.2, 0.25) is 0 Å². The molecule has 0 atom stereocenters. The second-order valence-electron chi connectivity index (χ2n) is 4.99. The highest BCUT2D eigenvalue weighted by atomic mass is 32.2. The Labute approximate surface area is 101 Å². The summed E-state index contributed by atoms with van der Waals surface area (Å²) in [6, 6.07) is 0. The van der Waals surface area contributed by atoms with Gasteiger partial charge in [-0.1, -0.05) is 0 Å². The number of methoxy groups -OCH3 is 1. The molecule has 0 aliphatic heterocycles. The van der Waals surface area contributed by atoms with Gasteiger partial charge in [-0.2, -0.15) is 0 Å². The molecule has 100 valence electrons. The van der Waals surface area contributed by atoms with Crippen molar-refractivity contribution in [3.63, 3.8) is 0 Å². The molecule has 0 bridgehead atoms. The Balaban J connectivity index is 2.87. The van der Waals surface area contributed by atoms with Crippen molar-refractivity contribution < 1.29 is 22.7 Å². The van der Waals surface area contributed by atoms with Crippen LogP contribution in [0.25, 0.3) is 0 Å². The van der Waals surface area contributed by atoms with E-state index in [9.17, 15) is 13.2 Å². The topological polar surface area (TPSA) is 95.7 Å². The van der Waals surface area contributed by atoms with E-state index < -0.39 is 25.4 Å². The predicted octanol–water partition coefficient (Wildman–Crippen LogP) is 0.454. The van der Waals surface area contributed by atoms with Gasteiger partial charge < -0.3 is 15.2 Å². The number of hydrogen-bond donors (Lipinski definition) is 1. The molecule has 6 nitrogen and oxygen atoms in total. The van der Waals surface area contributed by atoms with Gasteiger partial charge in [0.15, 0.2) is 9.84 Å². The van der Waals surface area contributed by atoms with Crippen LogP contribution in [0.5, 0.6) is 0 Å². The third-order valence-electron chi connectivity index (χ3n) is 3.07. The van der Waals surface area contributed by atoms with Crippen LogP contribution in [0.2, 0.25) is 0 Å². The lowest BCUT2D eigenvalue weighted by molar-refractivity contribution is 0.152. The average molecular weight is 265 g/mol. The smallest absolute Gasteiger partial charge is 0.404 e. The molecular weight excluding hydrogens is 246 g/mol. The van der Waals surface area contributed by atoms with Gasteiger partial charge in [0.25, 0.3) is 0 Å². The van der Waals surface area contributed by atoms with E-state index in [0.29, 0.717) is 12.8 Å². The van der Waals surface area contributed by atoms with Crippen LogP contribution in [0.4, 0.5) is 4.79 Å². The molecule has 1 rings (SSSR count). The van der Waals surface area contributed by atoms with E-state index in [1.54, 1.807) is 13.8 Å². The van der Waals surface area contributed by atoms with Crippen molar-refractivity contribution >= 4 is 15.9 Å². The van der Waals surface area contributed by atoms with Gasteiger partial charge >= 0.3 is 6.09 Å². The summed E-state index contributed by atoms with van der Waals surface area (Å²) in [5.74, 6) is 0. The molecular formula is C10H19NO5S. The Morgan fingerprint density at radius 2 is 1.94 bits per heavy atom. The number of hydrogen-bond acceptors (Lipinski definition) is 5. The van der Waals surface area contributed by atoms with Crippen LogP contribution in [-0.2, 0) is 19.3 Å². The van der Waals surface area contributed by atoms with Crippen molar-refractivity contribution in [1.29, 1.82) is 0 Å². The first-order valence-corrected chi connectivity index (χ1v) is 6.82. The summed E-state index contributed by atoms with van der Waals surface area (Å²) < 4.78 is 32.5. The van der Waals surface area contributed by atoms with E-state index >= 15 is 0 Å². The zero-order valence-corrected chi connectivity index (χ0v) is 11.2. The molecule has 0 aromatic rings. The molecule has 1 fully saturated rings. The summed E-state index contributed by atoms with van der Waals surface area (Å²) in [6.45, 7) is 3.15. The molecule has 0 saturated heterocycles.